The number of hydrogen-bond donors (Lipinski definition) is 5. The Morgan fingerprint density at radius 3 is 2.21 bits per heavy atom. The average Bonchev–Trinajstić information content (AvgIpc) is 2.85. The van der Waals surface area contributed by atoms with Gasteiger partial charge in [0.2, 0.25) is 17.7 Å². The number of pyridine rings is 1. The van der Waals surface area contributed by atoms with Crippen LogP contribution in [0.15, 0.2) is 29.4 Å². The number of hydrogen-bond acceptors (Lipinski definition) is 12. The summed E-state index contributed by atoms with van der Waals surface area (Å²) in [7, 11) is -1.95. The van der Waals surface area contributed by atoms with Gasteiger partial charge in [-0.25, -0.2) is 14.5 Å². The summed E-state index contributed by atoms with van der Waals surface area (Å²) in [5.74, 6) is -1.80. The average molecular weight is 592 g/mol. The van der Waals surface area contributed by atoms with Crippen molar-refractivity contribution in [3.8, 4) is 11.8 Å². The van der Waals surface area contributed by atoms with Crippen LogP contribution in [0, 0.1) is 0 Å². The molecule has 216 valence electrons. The number of methoxy groups -OCH3 is 2. The number of amides is 3. The van der Waals surface area contributed by atoms with Crippen LogP contribution in [-0.4, -0.2) is 103 Å². The van der Waals surface area contributed by atoms with E-state index in [-0.39, 0.29) is 35.9 Å². The van der Waals surface area contributed by atoms with Crippen molar-refractivity contribution in [2.45, 2.75) is 17.5 Å². The molecule has 2 heterocycles. The first-order valence-corrected chi connectivity index (χ1v) is 14.5. The molecule has 0 aromatic carbocycles. The summed E-state index contributed by atoms with van der Waals surface area (Å²) >= 11 is 0. The molecule has 0 aliphatic rings. The number of nitrogens with two attached hydrogens (primary N) is 1. The number of carboxylic acid groups (broad SMARTS) is 1. The SMILES string of the molecule is COc1cc(OC)nc(NC(=O)NS(=O)(=O)c2ncccc2C(=O)N(C)C)n1.CP(=O)(O)CCC(N)C(=O)O. The van der Waals surface area contributed by atoms with Crippen LogP contribution in [-0.2, 0) is 19.4 Å². The predicted octanol–water partition coefficient (Wildman–Crippen LogP) is -0.210. The van der Waals surface area contributed by atoms with E-state index in [1.54, 1.807) is 4.72 Å². The Morgan fingerprint density at radius 2 is 1.74 bits per heavy atom. The fourth-order valence-corrected chi connectivity index (χ4v) is 4.27. The molecule has 0 fully saturated rings. The van der Waals surface area contributed by atoms with E-state index in [2.05, 4.69) is 20.3 Å². The number of aromatic nitrogens is 3. The molecule has 0 aliphatic carbocycles. The minimum Gasteiger partial charge on any atom is -0.481 e. The van der Waals surface area contributed by atoms with E-state index < -0.39 is 46.4 Å². The topological polar surface area (TPSA) is 253 Å². The molecule has 0 saturated carbocycles. The molecule has 17 nitrogen and oxygen atoms in total. The van der Waals surface area contributed by atoms with Crippen molar-refractivity contribution in [2.24, 2.45) is 5.73 Å². The third-order valence-corrected chi connectivity index (χ3v) is 6.76. The monoisotopic (exact) mass is 591 g/mol. The molecule has 0 spiro atoms. The van der Waals surface area contributed by atoms with Crippen molar-refractivity contribution >= 4 is 41.2 Å². The van der Waals surface area contributed by atoms with Gasteiger partial charge in [-0.3, -0.25) is 19.5 Å². The highest BCUT2D eigenvalue weighted by Crippen LogP contribution is 2.35. The first-order chi connectivity index (χ1) is 18.0. The lowest BCUT2D eigenvalue weighted by molar-refractivity contribution is -0.138. The number of rotatable bonds is 10. The van der Waals surface area contributed by atoms with Crippen LogP contribution in [0.25, 0.3) is 0 Å². The minimum atomic E-state index is -4.46. The van der Waals surface area contributed by atoms with E-state index in [1.165, 1.54) is 64.3 Å². The third kappa shape index (κ3) is 11.2. The lowest BCUT2D eigenvalue weighted by atomic mass is 10.2. The van der Waals surface area contributed by atoms with Crippen LogP contribution in [0.1, 0.15) is 16.8 Å². The lowest BCUT2D eigenvalue weighted by Gasteiger charge is -2.14. The van der Waals surface area contributed by atoms with E-state index in [9.17, 15) is 27.4 Å². The van der Waals surface area contributed by atoms with Crippen LogP contribution in [0.5, 0.6) is 11.8 Å². The fraction of sp³-hybridized carbons (Fsp3) is 0.400. The van der Waals surface area contributed by atoms with Gasteiger partial charge in [0.05, 0.1) is 25.8 Å². The Kier molecular flexibility index (Phi) is 12.2. The van der Waals surface area contributed by atoms with Gasteiger partial charge < -0.3 is 30.1 Å². The Morgan fingerprint density at radius 1 is 1.18 bits per heavy atom. The van der Waals surface area contributed by atoms with Crippen molar-refractivity contribution in [1.29, 1.82) is 0 Å². The molecule has 39 heavy (non-hydrogen) atoms. The minimum absolute atomic E-state index is 0.0412. The zero-order valence-electron chi connectivity index (χ0n) is 21.7. The molecular weight excluding hydrogens is 561 g/mol. The molecule has 0 radical (unpaired) electrons. The van der Waals surface area contributed by atoms with E-state index in [0.717, 1.165) is 0 Å². The Bertz CT molecular complexity index is 1310. The highest BCUT2D eigenvalue weighted by atomic mass is 32.2. The van der Waals surface area contributed by atoms with Crippen molar-refractivity contribution in [1.82, 2.24) is 24.6 Å². The molecule has 2 aromatic rings. The molecule has 2 unspecified atom stereocenters. The second kappa shape index (κ2) is 14.3. The van der Waals surface area contributed by atoms with Gasteiger partial charge in [0.25, 0.3) is 15.9 Å². The van der Waals surface area contributed by atoms with Crippen molar-refractivity contribution in [2.75, 3.05) is 46.5 Å². The zero-order chi connectivity index (χ0) is 30.0. The fourth-order valence-electron chi connectivity index (χ4n) is 2.48. The van der Waals surface area contributed by atoms with Gasteiger partial charge in [-0.15, -0.1) is 0 Å². The first-order valence-electron chi connectivity index (χ1n) is 10.8. The maximum Gasteiger partial charge on any atom is 0.335 e. The first kappa shape index (κ1) is 33.2. The highest BCUT2D eigenvalue weighted by Gasteiger charge is 2.27. The second-order valence-corrected chi connectivity index (χ2v) is 12.0. The quantitative estimate of drug-likeness (QED) is 0.224. The van der Waals surface area contributed by atoms with Crippen molar-refractivity contribution in [3.05, 3.63) is 30.0 Å². The number of urea groups is 1. The van der Waals surface area contributed by atoms with E-state index >= 15 is 0 Å². The van der Waals surface area contributed by atoms with Gasteiger partial charge in [-0.05, 0) is 18.6 Å². The summed E-state index contributed by atoms with van der Waals surface area (Å²) in [5, 5.41) is 9.85. The Balaban J connectivity index is 0.000000584. The predicted molar refractivity (Wildman–Crippen MR) is 138 cm³/mol. The van der Waals surface area contributed by atoms with Crippen molar-refractivity contribution in [3.63, 3.8) is 0 Å². The normalized spacial score (nSPS) is 13.0. The number of nitrogens with one attached hydrogen (secondary N) is 2. The number of carboxylic acids is 1. The van der Waals surface area contributed by atoms with Crippen LogP contribution in [0.3, 0.4) is 0 Å². The van der Waals surface area contributed by atoms with Crippen LogP contribution < -0.4 is 25.2 Å². The molecule has 6 N–H and O–H groups in total. The van der Waals surface area contributed by atoms with E-state index in [0.29, 0.717) is 0 Å². The molecule has 0 saturated heterocycles. The largest absolute Gasteiger partial charge is 0.481 e. The van der Waals surface area contributed by atoms with Gasteiger partial charge in [0.1, 0.15) is 6.04 Å². The zero-order valence-corrected chi connectivity index (χ0v) is 23.4. The Hall–Kier alpha value is -3.86. The summed E-state index contributed by atoms with van der Waals surface area (Å²) in [5.41, 5.74) is 4.90. The molecule has 3 amide bonds. The summed E-state index contributed by atoms with van der Waals surface area (Å²) in [6.07, 6.45) is 1.19. The van der Waals surface area contributed by atoms with Gasteiger partial charge in [-0.1, -0.05) is 0 Å². The van der Waals surface area contributed by atoms with Gasteiger partial charge in [0, 0.05) is 33.1 Å². The standard InChI is InChI=1S/C15H18N6O6S.C5H12NO4P/c1-21(2)13(22)9-6-5-7-16-12(9)28(24,25)20-15(23)19-14-17-10(26-3)8-11(18-14)27-4;1-11(9,10)3-2-4(6)5(7)8/h5-8H,1-4H3,(H2,17,18,19,20,23);4H,2-3,6H2,1H3,(H,7,8)(H,9,10). The number of aliphatic carboxylic acids is 1. The van der Waals surface area contributed by atoms with Gasteiger partial charge in [-0.2, -0.15) is 18.4 Å². The molecule has 19 heteroatoms. The maximum absolute atomic E-state index is 12.5. The van der Waals surface area contributed by atoms with E-state index in [4.69, 9.17) is 25.2 Å². The number of sulfonamides is 1. The molecule has 2 atom stereocenters. The number of ether oxygens (including phenoxy) is 2. The van der Waals surface area contributed by atoms with E-state index in [1.807, 2.05) is 0 Å². The molecule has 2 aromatic heterocycles. The number of anilines is 1. The second-order valence-electron chi connectivity index (χ2n) is 7.90. The summed E-state index contributed by atoms with van der Waals surface area (Å²) in [6, 6.07) is 1.87. The number of carbonyl (C=O) groups excluding carboxylic acids is 2. The number of carbonyl (C=O) groups is 3. The maximum atomic E-state index is 12.5. The molecule has 0 aliphatic heterocycles. The van der Waals surface area contributed by atoms with Crippen LogP contribution in [0.2, 0.25) is 0 Å². The summed E-state index contributed by atoms with van der Waals surface area (Å²) < 4.78 is 47.4. The Labute approximate surface area is 224 Å². The smallest absolute Gasteiger partial charge is 0.335 e. The van der Waals surface area contributed by atoms with Gasteiger partial charge in [0.15, 0.2) is 12.4 Å². The lowest BCUT2D eigenvalue weighted by Crippen LogP contribution is -2.36. The molecular formula is C20H30N7O10PS. The summed E-state index contributed by atoms with van der Waals surface area (Å²) in [4.78, 5) is 55.8. The third-order valence-electron chi connectivity index (χ3n) is 4.38. The van der Waals surface area contributed by atoms with Gasteiger partial charge >= 0.3 is 12.0 Å². The summed E-state index contributed by atoms with van der Waals surface area (Å²) in [6.45, 7) is 1.18. The highest BCUT2D eigenvalue weighted by molar-refractivity contribution is 7.90. The molecule has 0 bridgehead atoms. The number of nitrogens with zero attached hydrogens (tertiary/aromatic N) is 4. The van der Waals surface area contributed by atoms with Crippen LogP contribution >= 0.6 is 7.37 Å². The molecule has 2 rings (SSSR count). The van der Waals surface area contributed by atoms with Crippen molar-refractivity contribution < 1.29 is 46.8 Å². The van der Waals surface area contributed by atoms with Crippen LogP contribution in [0.4, 0.5) is 10.7 Å².